The van der Waals surface area contributed by atoms with Crippen molar-refractivity contribution in [1.82, 2.24) is 0 Å². The number of carbonyl (C=O) groups excluding carboxylic acids is 1. The smallest absolute Gasteiger partial charge is 0.343 e. The van der Waals surface area contributed by atoms with E-state index in [1.807, 2.05) is 19.9 Å². The van der Waals surface area contributed by atoms with Crippen LogP contribution in [-0.4, -0.2) is 129 Å². The summed E-state index contributed by atoms with van der Waals surface area (Å²) in [6.45, 7) is 18.0. The van der Waals surface area contributed by atoms with Gasteiger partial charge in [0.25, 0.3) is 0 Å². The molecule has 6 saturated heterocycles. The van der Waals surface area contributed by atoms with E-state index in [0.29, 0.717) is 56.4 Å². The van der Waals surface area contributed by atoms with E-state index in [1.165, 1.54) is 19.1 Å². The molecule has 0 aliphatic carbocycles. The maximum atomic E-state index is 12.8. The first kappa shape index (κ1) is 48.6. The molecule has 14 heteroatoms. The molecule has 7 rings (SSSR count). The van der Waals surface area contributed by atoms with Gasteiger partial charge in [-0.2, -0.15) is 0 Å². The number of ether oxygens (including phenoxy) is 8. The minimum absolute atomic E-state index is 0.0124. The lowest BCUT2D eigenvalue weighted by molar-refractivity contribution is -0.321. The summed E-state index contributed by atoms with van der Waals surface area (Å²) in [5, 5.41) is 54.5. The van der Waals surface area contributed by atoms with Gasteiger partial charge in [0.1, 0.15) is 30.2 Å². The Morgan fingerprint density at radius 3 is 2.52 bits per heavy atom. The number of hydrogen-bond donors (Lipinski definition) is 5. The van der Waals surface area contributed by atoms with E-state index < -0.39 is 71.7 Å². The number of aliphatic hydroxyl groups excluding tert-OH is 4. The Kier molecular flexibility index (Phi) is 15.3. The molecule has 354 valence electrons. The van der Waals surface area contributed by atoms with Gasteiger partial charge in [-0.25, -0.2) is 4.79 Å². The number of rotatable bonds is 13. The average Bonchev–Trinajstić information content (AvgIpc) is 3.64. The number of allylic oxidation sites excluding steroid dienone is 1. The van der Waals surface area contributed by atoms with Gasteiger partial charge in [0.05, 0.1) is 49.8 Å². The first-order valence-electron chi connectivity index (χ1n) is 23.5. The van der Waals surface area contributed by atoms with Crippen LogP contribution in [0.5, 0.6) is 0 Å². The number of esters is 1. The standard InChI is InChI=1S/C49H74O14/c1-29-25-39(61-49(27-29)40(52)15-14-36(60-49)28-46(7,55)45(54)57-33(5)11-10-23-50)30(2)12-13-35-17-21-48(59-35)22-18-38-44(63-48)41(53)34(6)43(58-38)37(51)26-32(4)42-31(3)16-20-47(62-42)19-8-9-24-56-47/h10-13,27,30-32,35-44,50-53,55H,5-6,8-9,14-26,28H2,1-4,7H3/b11-10+,13-12+/t30-,31-,32+,35-,36+,37+,38?,39+,40-,41-,42?,43+,44?,46-,47+,48-,49-/m1/s1. The maximum absolute atomic E-state index is 12.8. The molecule has 14 nitrogen and oxygen atoms in total. The Bertz CT molecular complexity index is 1720. The van der Waals surface area contributed by atoms with Crippen molar-refractivity contribution in [1.29, 1.82) is 0 Å². The van der Waals surface area contributed by atoms with E-state index in [2.05, 4.69) is 33.1 Å². The third-order valence-corrected chi connectivity index (χ3v) is 14.6. The van der Waals surface area contributed by atoms with Crippen LogP contribution in [0, 0.1) is 17.8 Å². The Hall–Kier alpha value is -2.31. The fourth-order valence-corrected chi connectivity index (χ4v) is 11.0. The van der Waals surface area contributed by atoms with Crippen molar-refractivity contribution in [2.45, 2.75) is 209 Å². The summed E-state index contributed by atoms with van der Waals surface area (Å²) in [7, 11) is 0. The molecule has 0 amide bonds. The molecule has 3 spiro atoms. The number of fused-ring (bicyclic) bond motifs is 1. The van der Waals surface area contributed by atoms with Crippen molar-refractivity contribution in [3.63, 3.8) is 0 Å². The monoisotopic (exact) mass is 887 g/mol. The fraction of sp³-hybridized carbons (Fsp3) is 0.776. The van der Waals surface area contributed by atoms with Gasteiger partial charge in [-0.05, 0) is 101 Å². The summed E-state index contributed by atoms with van der Waals surface area (Å²) in [6.07, 6.45) is 11.9. The van der Waals surface area contributed by atoms with E-state index in [1.54, 1.807) is 6.08 Å². The summed E-state index contributed by atoms with van der Waals surface area (Å²) in [5.74, 6) is -3.49. The highest BCUT2D eigenvalue weighted by atomic mass is 16.7. The second-order valence-electron chi connectivity index (χ2n) is 20.0. The van der Waals surface area contributed by atoms with Gasteiger partial charge in [-0.3, -0.25) is 0 Å². The Morgan fingerprint density at radius 2 is 1.78 bits per heavy atom. The van der Waals surface area contributed by atoms with Gasteiger partial charge in [0.15, 0.2) is 17.2 Å². The zero-order chi connectivity index (χ0) is 45.3. The van der Waals surface area contributed by atoms with Crippen LogP contribution in [0.15, 0.2) is 60.4 Å². The van der Waals surface area contributed by atoms with Gasteiger partial charge in [-0.15, -0.1) is 0 Å². The Balaban J connectivity index is 0.910. The molecular weight excluding hydrogens is 813 g/mol. The molecule has 63 heavy (non-hydrogen) atoms. The summed E-state index contributed by atoms with van der Waals surface area (Å²) in [4.78, 5) is 12.8. The van der Waals surface area contributed by atoms with E-state index >= 15 is 0 Å². The van der Waals surface area contributed by atoms with E-state index in [9.17, 15) is 25.2 Å². The zero-order valence-corrected chi connectivity index (χ0v) is 38.0. The molecule has 7 aliphatic rings. The van der Waals surface area contributed by atoms with Crippen molar-refractivity contribution in [3.05, 3.63) is 60.4 Å². The molecule has 17 atom stereocenters. The highest BCUT2D eigenvalue weighted by molar-refractivity contribution is 5.79. The molecule has 0 aromatic heterocycles. The molecule has 0 radical (unpaired) electrons. The van der Waals surface area contributed by atoms with Gasteiger partial charge in [0, 0.05) is 38.0 Å². The summed E-state index contributed by atoms with van der Waals surface area (Å²) in [6, 6.07) is 0. The van der Waals surface area contributed by atoms with Crippen molar-refractivity contribution < 1.29 is 68.2 Å². The summed E-state index contributed by atoms with van der Waals surface area (Å²) in [5.41, 5.74) is -0.511. The van der Waals surface area contributed by atoms with Crippen molar-refractivity contribution in [3.8, 4) is 0 Å². The lowest BCUT2D eigenvalue weighted by Crippen LogP contribution is -2.60. The van der Waals surface area contributed by atoms with Gasteiger partial charge < -0.3 is 63.4 Å². The number of hydrogen-bond acceptors (Lipinski definition) is 14. The minimum atomic E-state index is -1.91. The SMILES string of the molecule is C=C(/C=C/CO)OC(=O)[C@](C)(O)C[C@@H]1CC[C@@H](O)[C@]2(C=C(C)C[C@@H]([C@H](C)/C=C/[C@@H]3CC[C@@]4(CCC5O[C@H]([C@@H](O)C[C@H](C)C6O[C@@]7(CCCCO7)CC[C@H]6C)C(=C)[C@@H](O)C5O4)O3)O2)O1. The van der Waals surface area contributed by atoms with Gasteiger partial charge in [-0.1, -0.05) is 57.7 Å². The minimum Gasteiger partial charge on any atom is -0.425 e. The highest BCUT2D eigenvalue weighted by Gasteiger charge is 2.55. The second-order valence-corrected chi connectivity index (χ2v) is 20.0. The molecule has 6 fully saturated rings. The Morgan fingerprint density at radius 1 is 1.02 bits per heavy atom. The third-order valence-electron chi connectivity index (χ3n) is 14.6. The predicted molar refractivity (Wildman–Crippen MR) is 231 cm³/mol. The second kappa shape index (κ2) is 19.9. The summed E-state index contributed by atoms with van der Waals surface area (Å²) < 4.78 is 50.8. The molecule has 0 saturated carbocycles. The molecule has 0 aromatic rings. The molecular formula is C49H74O14. The molecule has 0 aromatic carbocycles. The number of aliphatic hydroxyl groups is 5. The average molecular weight is 887 g/mol. The number of carbonyl (C=O) groups is 1. The predicted octanol–water partition coefficient (Wildman–Crippen LogP) is 5.73. The molecule has 5 N–H and O–H groups in total. The molecule has 0 bridgehead atoms. The van der Waals surface area contributed by atoms with Crippen molar-refractivity contribution in [2.24, 2.45) is 17.8 Å². The molecule has 7 aliphatic heterocycles. The molecule has 7 heterocycles. The van der Waals surface area contributed by atoms with Crippen LogP contribution < -0.4 is 0 Å². The maximum Gasteiger partial charge on any atom is 0.343 e. The van der Waals surface area contributed by atoms with E-state index in [-0.39, 0.29) is 48.9 Å². The van der Waals surface area contributed by atoms with Crippen LogP contribution in [0.2, 0.25) is 0 Å². The largest absolute Gasteiger partial charge is 0.425 e. The lowest BCUT2D eigenvalue weighted by atomic mass is 9.79. The zero-order valence-electron chi connectivity index (χ0n) is 38.0. The topological polar surface area (TPSA) is 192 Å². The highest BCUT2D eigenvalue weighted by Crippen LogP contribution is 2.47. The first-order chi connectivity index (χ1) is 29.9. The van der Waals surface area contributed by atoms with Gasteiger partial charge in [0.2, 0.25) is 5.79 Å². The first-order valence-corrected chi connectivity index (χ1v) is 23.5. The quantitative estimate of drug-likeness (QED) is 0.0652. The van der Waals surface area contributed by atoms with E-state index in [4.69, 9.17) is 43.0 Å². The van der Waals surface area contributed by atoms with Crippen molar-refractivity contribution >= 4 is 5.97 Å². The molecule has 3 unspecified atom stereocenters. The third kappa shape index (κ3) is 11.0. The lowest BCUT2D eigenvalue weighted by Gasteiger charge is -2.50. The van der Waals surface area contributed by atoms with Crippen LogP contribution >= 0.6 is 0 Å². The van der Waals surface area contributed by atoms with Crippen molar-refractivity contribution in [2.75, 3.05) is 13.2 Å². The normalized spacial score (nSPS) is 42.3. The van der Waals surface area contributed by atoms with Crippen LogP contribution in [0.4, 0.5) is 0 Å². The van der Waals surface area contributed by atoms with Crippen LogP contribution in [0.3, 0.4) is 0 Å². The van der Waals surface area contributed by atoms with Crippen LogP contribution in [-0.2, 0) is 42.7 Å². The Labute approximate surface area is 373 Å². The van der Waals surface area contributed by atoms with Gasteiger partial charge >= 0.3 is 5.97 Å². The van der Waals surface area contributed by atoms with E-state index in [0.717, 1.165) is 50.7 Å². The van der Waals surface area contributed by atoms with Crippen LogP contribution in [0.25, 0.3) is 0 Å². The van der Waals surface area contributed by atoms with Crippen LogP contribution in [0.1, 0.15) is 125 Å². The summed E-state index contributed by atoms with van der Waals surface area (Å²) >= 11 is 0. The fourth-order valence-electron chi connectivity index (χ4n) is 11.0.